The highest BCUT2D eigenvalue weighted by atomic mass is 16.5. The summed E-state index contributed by atoms with van der Waals surface area (Å²) in [6.07, 6.45) is 1.60. The summed E-state index contributed by atoms with van der Waals surface area (Å²) < 4.78 is 10.6. The van der Waals surface area contributed by atoms with E-state index in [9.17, 15) is 4.79 Å². The first-order chi connectivity index (χ1) is 13.5. The number of carbonyl (C=O) groups excluding carboxylic acids is 1. The average Bonchev–Trinajstić information content (AvgIpc) is 2.71. The summed E-state index contributed by atoms with van der Waals surface area (Å²) >= 11 is 0. The first-order valence-electron chi connectivity index (χ1n) is 8.84. The van der Waals surface area contributed by atoms with Crippen molar-refractivity contribution in [3.05, 3.63) is 71.4 Å². The third-order valence-electron chi connectivity index (χ3n) is 4.33. The highest BCUT2D eigenvalue weighted by Gasteiger charge is 2.18. The smallest absolute Gasteiger partial charge is 0.263 e. The first-order valence-corrected chi connectivity index (χ1v) is 8.84. The quantitative estimate of drug-likeness (QED) is 0.651. The van der Waals surface area contributed by atoms with Crippen molar-refractivity contribution in [2.45, 2.75) is 13.8 Å². The molecular formula is C22H23N3O3. The largest absolute Gasteiger partial charge is 0.496 e. The topological polar surface area (TPSA) is 72.5 Å². The number of ether oxygens (including phenoxy) is 2. The summed E-state index contributed by atoms with van der Waals surface area (Å²) in [4.78, 5) is 17.1. The van der Waals surface area contributed by atoms with Crippen molar-refractivity contribution in [1.29, 1.82) is 0 Å². The minimum Gasteiger partial charge on any atom is -0.496 e. The molecule has 0 unspecified atom stereocenters. The van der Waals surface area contributed by atoms with E-state index in [1.807, 2.05) is 19.9 Å². The maximum Gasteiger partial charge on any atom is 0.263 e. The van der Waals surface area contributed by atoms with Gasteiger partial charge in [0.25, 0.3) is 5.91 Å². The van der Waals surface area contributed by atoms with Gasteiger partial charge in [0.2, 0.25) is 0 Å². The average molecular weight is 377 g/mol. The molecular weight excluding hydrogens is 354 g/mol. The Kier molecular flexibility index (Phi) is 5.79. The molecule has 2 N–H and O–H groups in total. The lowest BCUT2D eigenvalue weighted by molar-refractivity contribution is 0.102. The number of benzene rings is 2. The van der Waals surface area contributed by atoms with Crippen molar-refractivity contribution in [3.63, 3.8) is 0 Å². The van der Waals surface area contributed by atoms with Crippen molar-refractivity contribution in [3.8, 4) is 11.5 Å². The summed E-state index contributed by atoms with van der Waals surface area (Å²) in [5.41, 5.74) is 4.22. The van der Waals surface area contributed by atoms with Crippen molar-refractivity contribution >= 4 is 23.1 Å². The van der Waals surface area contributed by atoms with E-state index in [4.69, 9.17) is 9.47 Å². The molecule has 0 spiro atoms. The van der Waals surface area contributed by atoms with Gasteiger partial charge in [-0.05, 0) is 55.3 Å². The van der Waals surface area contributed by atoms with Crippen LogP contribution in [0.25, 0.3) is 0 Å². The Morgan fingerprint density at radius 2 is 1.68 bits per heavy atom. The highest BCUT2D eigenvalue weighted by Crippen LogP contribution is 2.29. The van der Waals surface area contributed by atoms with Crippen LogP contribution in [-0.4, -0.2) is 25.1 Å². The van der Waals surface area contributed by atoms with Crippen LogP contribution in [-0.2, 0) is 0 Å². The van der Waals surface area contributed by atoms with Gasteiger partial charge in [-0.3, -0.25) is 4.79 Å². The SMILES string of the molecule is COc1cccc(OC)c1C(=O)Nc1ccc(Nc2cc(C)ccc2C)nc1. The van der Waals surface area contributed by atoms with Crippen molar-refractivity contribution in [1.82, 2.24) is 4.98 Å². The molecule has 0 fully saturated rings. The number of aryl methyl sites for hydroxylation is 2. The van der Waals surface area contributed by atoms with Crippen LogP contribution in [0.5, 0.6) is 11.5 Å². The molecule has 0 aliphatic carbocycles. The lowest BCUT2D eigenvalue weighted by Crippen LogP contribution is -2.14. The second-order valence-electron chi connectivity index (χ2n) is 6.37. The van der Waals surface area contributed by atoms with E-state index in [1.54, 1.807) is 30.5 Å². The number of nitrogens with zero attached hydrogens (tertiary/aromatic N) is 1. The van der Waals surface area contributed by atoms with E-state index in [1.165, 1.54) is 19.8 Å². The summed E-state index contributed by atoms with van der Waals surface area (Å²) in [5, 5.41) is 6.13. The molecule has 0 bridgehead atoms. The fourth-order valence-corrected chi connectivity index (χ4v) is 2.82. The second-order valence-corrected chi connectivity index (χ2v) is 6.37. The normalized spacial score (nSPS) is 10.3. The molecule has 1 amide bonds. The summed E-state index contributed by atoms with van der Waals surface area (Å²) in [6, 6.07) is 15.0. The van der Waals surface area contributed by atoms with Gasteiger partial charge in [-0.1, -0.05) is 18.2 Å². The molecule has 0 atom stereocenters. The molecule has 3 rings (SSSR count). The molecule has 3 aromatic rings. The lowest BCUT2D eigenvalue weighted by atomic mass is 10.1. The molecule has 6 nitrogen and oxygen atoms in total. The number of anilines is 3. The van der Waals surface area contributed by atoms with Crippen LogP contribution < -0.4 is 20.1 Å². The number of hydrogen-bond acceptors (Lipinski definition) is 5. The number of carbonyl (C=O) groups is 1. The van der Waals surface area contributed by atoms with Crippen LogP contribution >= 0.6 is 0 Å². The Morgan fingerprint density at radius 3 is 2.29 bits per heavy atom. The van der Waals surface area contributed by atoms with E-state index < -0.39 is 0 Å². The monoisotopic (exact) mass is 377 g/mol. The van der Waals surface area contributed by atoms with Crippen LogP contribution in [0.4, 0.5) is 17.2 Å². The standard InChI is InChI=1S/C22H23N3O3/c1-14-8-9-15(2)17(12-14)25-20-11-10-16(13-23-20)24-22(26)21-18(27-3)6-5-7-19(21)28-4/h5-13H,1-4H3,(H,23,25)(H,24,26). The Labute approximate surface area is 164 Å². The number of aromatic nitrogens is 1. The number of nitrogens with one attached hydrogen (secondary N) is 2. The number of amides is 1. The molecule has 1 aromatic heterocycles. The molecule has 2 aromatic carbocycles. The van der Waals surface area contributed by atoms with Crippen LogP contribution in [0.3, 0.4) is 0 Å². The Hall–Kier alpha value is -3.54. The molecule has 1 heterocycles. The molecule has 0 aliphatic rings. The zero-order valence-electron chi connectivity index (χ0n) is 16.4. The highest BCUT2D eigenvalue weighted by molar-refractivity contribution is 6.08. The van der Waals surface area contributed by atoms with Crippen molar-refractivity contribution in [2.75, 3.05) is 24.9 Å². The number of rotatable bonds is 6. The third kappa shape index (κ3) is 4.23. The Balaban J connectivity index is 1.76. The Morgan fingerprint density at radius 1 is 0.964 bits per heavy atom. The van der Waals surface area contributed by atoms with Crippen LogP contribution in [0.1, 0.15) is 21.5 Å². The summed E-state index contributed by atoms with van der Waals surface area (Å²) in [7, 11) is 3.03. The van der Waals surface area contributed by atoms with Crippen molar-refractivity contribution in [2.24, 2.45) is 0 Å². The van der Waals surface area contributed by atoms with Gasteiger partial charge in [-0.25, -0.2) is 4.98 Å². The predicted octanol–water partition coefficient (Wildman–Crippen LogP) is 4.71. The molecule has 0 saturated carbocycles. The zero-order chi connectivity index (χ0) is 20.1. The van der Waals surface area contributed by atoms with Gasteiger partial charge in [-0.2, -0.15) is 0 Å². The molecule has 0 saturated heterocycles. The van der Waals surface area contributed by atoms with Gasteiger partial charge in [0.1, 0.15) is 22.9 Å². The van der Waals surface area contributed by atoms with Crippen molar-refractivity contribution < 1.29 is 14.3 Å². The van der Waals surface area contributed by atoms with E-state index in [-0.39, 0.29) is 5.91 Å². The minimum absolute atomic E-state index is 0.327. The molecule has 6 heteroatoms. The zero-order valence-corrected chi connectivity index (χ0v) is 16.4. The van der Waals surface area contributed by atoms with Gasteiger partial charge in [0.15, 0.2) is 0 Å². The fourth-order valence-electron chi connectivity index (χ4n) is 2.82. The molecule has 0 aliphatic heterocycles. The molecule has 144 valence electrons. The lowest BCUT2D eigenvalue weighted by Gasteiger charge is -2.13. The predicted molar refractivity (Wildman–Crippen MR) is 111 cm³/mol. The first kappa shape index (κ1) is 19.2. The maximum atomic E-state index is 12.7. The van der Waals surface area contributed by atoms with Gasteiger partial charge >= 0.3 is 0 Å². The number of hydrogen-bond donors (Lipinski definition) is 2. The molecule has 28 heavy (non-hydrogen) atoms. The van der Waals surface area contributed by atoms with E-state index in [0.717, 1.165) is 11.3 Å². The van der Waals surface area contributed by atoms with Gasteiger partial charge in [0.05, 0.1) is 26.1 Å². The van der Waals surface area contributed by atoms with E-state index in [2.05, 4.69) is 33.8 Å². The van der Waals surface area contributed by atoms with E-state index in [0.29, 0.717) is 28.6 Å². The van der Waals surface area contributed by atoms with Gasteiger partial charge < -0.3 is 20.1 Å². The number of methoxy groups -OCH3 is 2. The maximum absolute atomic E-state index is 12.7. The van der Waals surface area contributed by atoms with Crippen LogP contribution in [0.2, 0.25) is 0 Å². The fraction of sp³-hybridized carbons (Fsp3) is 0.182. The Bertz CT molecular complexity index is 963. The summed E-state index contributed by atoms with van der Waals surface area (Å²) in [6.45, 7) is 4.08. The summed E-state index contributed by atoms with van der Waals surface area (Å²) in [5.74, 6) is 1.25. The van der Waals surface area contributed by atoms with Gasteiger partial charge in [-0.15, -0.1) is 0 Å². The van der Waals surface area contributed by atoms with Gasteiger partial charge in [0, 0.05) is 5.69 Å². The van der Waals surface area contributed by atoms with E-state index >= 15 is 0 Å². The second kappa shape index (κ2) is 8.43. The third-order valence-corrected chi connectivity index (χ3v) is 4.33. The molecule has 0 radical (unpaired) electrons. The minimum atomic E-state index is -0.327. The van der Waals surface area contributed by atoms with Crippen LogP contribution in [0.15, 0.2) is 54.7 Å². The van der Waals surface area contributed by atoms with Crippen LogP contribution in [0, 0.1) is 13.8 Å². The number of pyridine rings is 1.